The molecular formula is C23H26ClN3O4S2. The molecule has 176 valence electrons. The van der Waals surface area contributed by atoms with Crippen LogP contribution in [0, 0.1) is 6.92 Å². The Hall–Kier alpha value is -2.04. The van der Waals surface area contributed by atoms with E-state index in [1.54, 1.807) is 7.05 Å². The van der Waals surface area contributed by atoms with E-state index in [0.29, 0.717) is 35.1 Å². The van der Waals surface area contributed by atoms with Gasteiger partial charge in [0.05, 0.1) is 21.2 Å². The SMILES string of the molecule is CCn1c(=NC(=O)c2ccc(S(=O)(=O)N(C)CC3CCCO3)cc2)sc2cc(Cl)cc(C)c21. The van der Waals surface area contributed by atoms with Gasteiger partial charge in [0.1, 0.15) is 0 Å². The second-order valence-corrected chi connectivity index (χ2v) is 11.6. The number of aryl methyl sites for hydroxylation is 2. The zero-order valence-corrected chi connectivity index (χ0v) is 21.1. The smallest absolute Gasteiger partial charge is 0.279 e. The van der Waals surface area contributed by atoms with Gasteiger partial charge in [-0.1, -0.05) is 22.9 Å². The number of rotatable bonds is 6. The van der Waals surface area contributed by atoms with Crippen molar-refractivity contribution in [3.63, 3.8) is 0 Å². The van der Waals surface area contributed by atoms with Crippen molar-refractivity contribution in [2.24, 2.45) is 4.99 Å². The van der Waals surface area contributed by atoms with Gasteiger partial charge in [0.2, 0.25) is 10.0 Å². The van der Waals surface area contributed by atoms with Gasteiger partial charge in [-0.3, -0.25) is 4.79 Å². The minimum Gasteiger partial charge on any atom is -0.377 e. The fourth-order valence-corrected chi connectivity index (χ4v) is 6.78. The van der Waals surface area contributed by atoms with Gasteiger partial charge in [0, 0.05) is 37.3 Å². The van der Waals surface area contributed by atoms with Crippen molar-refractivity contribution in [1.29, 1.82) is 0 Å². The number of ether oxygens (including phenoxy) is 1. The number of carbonyl (C=O) groups excluding carboxylic acids is 1. The summed E-state index contributed by atoms with van der Waals surface area (Å²) < 4.78 is 35.6. The van der Waals surface area contributed by atoms with E-state index >= 15 is 0 Å². The van der Waals surface area contributed by atoms with E-state index in [2.05, 4.69) is 4.99 Å². The topological polar surface area (TPSA) is 81.0 Å². The summed E-state index contributed by atoms with van der Waals surface area (Å²) in [5.74, 6) is -0.427. The molecule has 10 heteroatoms. The summed E-state index contributed by atoms with van der Waals surface area (Å²) in [6.45, 7) is 5.61. The van der Waals surface area contributed by atoms with Gasteiger partial charge in [-0.15, -0.1) is 0 Å². The van der Waals surface area contributed by atoms with Gasteiger partial charge in [0.15, 0.2) is 4.80 Å². The predicted molar refractivity (Wildman–Crippen MR) is 130 cm³/mol. The number of thiazole rings is 1. The lowest BCUT2D eigenvalue weighted by atomic mass is 10.2. The first-order valence-corrected chi connectivity index (χ1v) is 13.4. The van der Waals surface area contributed by atoms with Gasteiger partial charge in [-0.05, 0) is 68.7 Å². The van der Waals surface area contributed by atoms with E-state index in [1.807, 2.05) is 30.5 Å². The number of fused-ring (bicyclic) bond motifs is 1. The Kier molecular flexibility index (Phi) is 7.07. The molecule has 0 radical (unpaired) electrons. The van der Waals surface area contributed by atoms with Crippen LogP contribution in [0.1, 0.15) is 35.7 Å². The summed E-state index contributed by atoms with van der Waals surface area (Å²) in [6, 6.07) is 9.68. The van der Waals surface area contributed by atoms with Crippen LogP contribution >= 0.6 is 22.9 Å². The van der Waals surface area contributed by atoms with E-state index in [-0.39, 0.29) is 11.0 Å². The fraction of sp³-hybridized carbons (Fsp3) is 0.391. The van der Waals surface area contributed by atoms with Crippen LogP contribution in [0.25, 0.3) is 10.2 Å². The normalized spacial score (nSPS) is 17.4. The molecule has 0 spiro atoms. The van der Waals surface area contributed by atoms with Crippen molar-refractivity contribution in [3.8, 4) is 0 Å². The number of amides is 1. The van der Waals surface area contributed by atoms with Gasteiger partial charge >= 0.3 is 0 Å². The summed E-state index contributed by atoms with van der Waals surface area (Å²) in [6.07, 6.45) is 1.73. The Labute approximate surface area is 202 Å². The van der Waals surface area contributed by atoms with E-state index < -0.39 is 15.9 Å². The standard InChI is InChI=1S/C23H26ClN3O4S2/c1-4-27-21-15(2)12-17(24)13-20(21)32-23(27)25-22(28)16-7-9-19(10-8-16)33(29,30)26(3)14-18-6-5-11-31-18/h7-10,12-13,18H,4-6,11,14H2,1-3H3. The number of hydrogen-bond donors (Lipinski definition) is 0. The van der Waals surface area contributed by atoms with Crippen LogP contribution in [0.2, 0.25) is 5.02 Å². The van der Waals surface area contributed by atoms with Crippen LogP contribution in [0.3, 0.4) is 0 Å². The van der Waals surface area contributed by atoms with Crippen molar-refractivity contribution in [1.82, 2.24) is 8.87 Å². The number of benzene rings is 2. The molecule has 1 saturated heterocycles. The molecule has 1 fully saturated rings. The first-order chi connectivity index (χ1) is 15.7. The molecule has 0 saturated carbocycles. The number of hydrogen-bond acceptors (Lipinski definition) is 5. The number of likely N-dealkylation sites (N-methyl/N-ethyl adjacent to an activating group) is 1. The number of aromatic nitrogens is 1. The molecule has 2 heterocycles. The van der Waals surface area contributed by atoms with Gasteiger partial charge in [0.25, 0.3) is 5.91 Å². The first-order valence-electron chi connectivity index (χ1n) is 10.8. The highest BCUT2D eigenvalue weighted by Gasteiger charge is 2.26. The quantitative estimate of drug-likeness (QED) is 0.500. The lowest BCUT2D eigenvalue weighted by Gasteiger charge is -2.20. The van der Waals surface area contributed by atoms with Crippen molar-refractivity contribution in [3.05, 3.63) is 57.3 Å². The third-order valence-corrected chi connectivity index (χ3v) is 8.82. The summed E-state index contributed by atoms with van der Waals surface area (Å²) in [5.41, 5.74) is 2.35. The molecule has 7 nitrogen and oxygen atoms in total. The molecule has 1 aliphatic rings. The van der Waals surface area contributed by atoms with Crippen LogP contribution in [-0.2, 0) is 21.3 Å². The average Bonchev–Trinajstić information content (AvgIpc) is 3.40. The van der Waals surface area contributed by atoms with Crippen LogP contribution < -0.4 is 4.80 Å². The van der Waals surface area contributed by atoms with Crippen molar-refractivity contribution >= 4 is 49.1 Å². The van der Waals surface area contributed by atoms with Gasteiger partial charge in [-0.2, -0.15) is 9.30 Å². The molecule has 0 N–H and O–H groups in total. The van der Waals surface area contributed by atoms with Crippen molar-refractivity contribution in [2.45, 2.75) is 44.2 Å². The summed E-state index contributed by atoms with van der Waals surface area (Å²) in [5, 5.41) is 0.642. The summed E-state index contributed by atoms with van der Waals surface area (Å²) in [4.78, 5) is 17.9. The van der Waals surface area contributed by atoms with E-state index in [1.165, 1.54) is 39.9 Å². The molecule has 0 aliphatic carbocycles. The molecule has 1 amide bonds. The highest BCUT2D eigenvalue weighted by molar-refractivity contribution is 7.89. The number of sulfonamides is 1. The summed E-state index contributed by atoms with van der Waals surface area (Å²) >= 11 is 7.59. The van der Waals surface area contributed by atoms with E-state index in [0.717, 1.165) is 28.6 Å². The Bertz CT molecular complexity index is 1350. The van der Waals surface area contributed by atoms with Gasteiger partial charge in [-0.25, -0.2) is 8.42 Å². The zero-order chi connectivity index (χ0) is 23.8. The first kappa shape index (κ1) is 24.1. The Morgan fingerprint density at radius 1 is 1.30 bits per heavy atom. The Morgan fingerprint density at radius 2 is 2.03 bits per heavy atom. The molecule has 2 aromatic carbocycles. The second-order valence-electron chi connectivity index (χ2n) is 8.06. The number of nitrogens with zero attached hydrogens (tertiary/aromatic N) is 3. The number of carbonyl (C=O) groups is 1. The largest absolute Gasteiger partial charge is 0.377 e. The summed E-state index contributed by atoms with van der Waals surface area (Å²) in [7, 11) is -2.12. The van der Waals surface area contributed by atoms with Crippen LogP contribution in [0.15, 0.2) is 46.3 Å². The molecule has 3 aromatic rings. The molecular weight excluding hydrogens is 482 g/mol. The molecule has 0 bridgehead atoms. The van der Waals surface area contributed by atoms with Crippen LogP contribution in [0.4, 0.5) is 0 Å². The molecule has 1 aliphatic heterocycles. The average molecular weight is 508 g/mol. The highest BCUT2D eigenvalue weighted by Crippen LogP contribution is 2.26. The lowest BCUT2D eigenvalue weighted by molar-refractivity contribution is 0.0979. The maximum Gasteiger partial charge on any atom is 0.279 e. The molecule has 1 aromatic heterocycles. The zero-order valence-electron chi connectivity index (χ0n) is 18.7. The fourth-order valence-electron chi connectivity index (χ4n) is 4.03. The lowest BCUT2D eigenvalue weighted by Crippen LogP contribution is -2.34. The minimum atomic E-state index is -3.67. The Balaban J connectivity index is 1.60. The van der Waals surface area contributed by atoms with E-state index in [4.69, 9.17) is 16.3 Å². The van der Waals surface area contributed by atoms with Gasteiger partial charge < -0.3 is 9.30 Å². The second kappa shape index (κ2) is 9.68. The van der Waals surface area contributed by atoms with Crippen molar-refractivity contribution in [2.75, 3.05) is 20.2 Å². The minimum absolute atomic E-state index is 0.0745. The third kappa shape index (κ3) is 4.93. The maximum atomic E-state index is 12.9. The highest BCUT2D eigenvalue weighted by atomic mass is 35.5. The van der Waals surface area contributed by atoms with Crippen molar-refractivity contribution < 1.29 is 17.9 Å². The maximum absolute atomic E-state index is 12.9. The molecule has 1 atom stereocenters. The van der Waals surface area contributed by atoms with Crippen LogP contribution in [0.5, 0.6) is 0 Å². The molecule has 1 unspecified atom stereocenters. The molecule has 4 rings (SSSR count). The number of halogens is 1. The predicted octanol–water partition coefficient (Wildman–Crippen LogP) is 4.23. The van der Waals surface area contributed by atoms with E-state index in [9.17, 15) is 13.2 Å². The molecule has 33 heavy (non-hydrogen) atoms. The van der Waals surface area contributed by atoms with Crippen LogP contribution in [-0.4, -0.2) is 49.5 Å². The third-order valence-electron chi connectivity index (χ3n) is 5.74. The Morgan fingerprint density at radius 3 is 2.67 bits per heavy atom. The monoisotopic (exact) mass is 507 g/mol.